The van der Waals surface area contributed by atoms with E-state index >= 15 is 0 Å². The van der Waals surface area contributed by atoms with Crippen molar-refractivity contribution in [1.29, 1.82) is 0 Å². The molecule has 1 saturated heterocycles. The van der Waals surface area contributed by atoms with Crippen LogP contribution < -0.4 is 10.1 Å². The van der Waals surface area contributed by atoms with E-state index in [9.17, 15) is 0 Å². The van der Waals surface area contributed by atoms with Gasteiger partial charge in [-0.1, -0.05) is 30.4 Å². The molecule has 0 saturated carbocycles. The van der Waals surface area contributed by atoms with Crippen molar-refractivity contribution in [2.24, 2.45) is 0 Å². The van der Waals surface area contributed by atoms with Crippen LogP contribution in [0.2, 0.25) is 0 Å². The Balaban J connectivity index is 1.77. The molecule has 2 heterocycles. The first kappa shape index (κ1) is 15.3. The molecule has 24 heavy (non-hydrogen) atoms. The van der Waals surface area contributed by atoms with Crippen molar-refractivity contribution in [1.82, 2.24) is 5.32 Å². The summed E-state index contributed by atoms with van der Waals surface area (Å²) in [4.78, 5) is 0. The summed E-state index contributed by atoms with van der Waals surface area (Å²) < 4.78 is 11.8. The first-order valence-corrected chi connectivity index (χ1v) is 8.64. The Labute approximate surface area is 143 Å². The Morgan fingerprint density at radius 3 is 2.75 bits per heavy atom. The molecule has 0 atom stereocenters. The van der Waals surface area contributed by atoms with Gasteiger partial charge < -0.3 is 14.8 Å². The minimum absolute atomic E-state index is 0.187. The van der Waals surface area contributed by atoms with Crippen LogP contribution in [0, 0.1) is 0 Å². The Bertz CT molecular complexity index is 749. The zero-order valence-electron chi connectivity index (χ0n) is 14.0. The summed E-state index contributed by atoms with van der Waals surface area (Å²) in [5, 5.41) is 3.44. The predicted molar refractivity (Wildman–Crippen MR) is 96.8 cm³/mol. The van der Waals surface area contributed by atoms with Gasteiger partial charge in [-0.25, -0.2) is 0 Å². The minimum Gasteiger partial charge on any atom is -0.497 e. The highest BCUT2D eigenvalue weighted by molar-refractivity contribution is 5.86. The maximum Gasteiger partial charge on any atom is 0.130 e. The van der Waals surface area contributed by atoms with Crippen LogP contribution in [0.15, 0.2) is 66.0 Å². The fourth-order valence-corrected chi connectivity index (χ4v) is 3.66. The molecule has 0 amide bonds. The number of hydrogen-bond acceptors (Lipinski definition) is 3. The van der Waals surface area contributed by atoms with E-state index in [1.165, 1.54) is 16.7 Å². The van der Waals surface area contributed by atoms with Gasteiger partial charge in [-0.15, -0.1) is 0 Å². The zero-order valence-corrected chi connectivity index (χ0v) is 14.0. The van der Waals surface area contributed by atoms with E-state index in [1.807, 2.05) is 6.08 Å². The van der Waals surface area contributed by atoms with Gasteiger partial charge in [0.2, 0.25) is 0 Å². The molecular weight excluding hydrogens is 298 g/mol. The molecule has 0 aromatic heterocycles. The Hall–Kier alpha value is -2.26. The quantitative estimate of drug-likeness (QED) is 0.893. The molecule has 1 spiro atoms. The first-order valence-electron chi connectivity index (χ1n) is 8.64. The van der Waals surface area contributed by atoms with Crippen molar-refractivity contribution < 1.29 is 9.47 Å². The number of piperidine rings is 1. The van der Waals surface area contributed by atoms with Gasteiger partial charge in [-0.05, 0) is 55.0 Å². The van der Waals surface area contributed by atoms with Gasteiger partial charge in [-0.3, -0.25) is 0 Å². The highest BCUT2D eigenvalue weighted by Gasteiger charge is 2.37. The van der Waals surface area contributed by atoms with E-state index < -0.39 is 0 Å². The van der Waals surface area contributed by atoms with Crippen LogP contribution in [0.3, 0.4) is 0 Å². The Morgan fingerprint density at radius 1 is 1.08 bits per heavy atom. The number of hydrogen-bond donors (Lipinski definition) is 1. The lowest BCUT2D eigenvalue weighted by molar-refractivity contribution is 0.0817. The molecule has 0 unspecified atom stereocenters. The number of rotatable bonds is 2. The van der Waals surface area contributed by atoms with Gasteiger partial charge in [0.05, 0.1) is 7.11 Å². The van der Waals surface area contributed by atoms with E-state index in [4.69, 9.17) is 9.47 Å². The Morgan fingerprint density at radius 2 is 1.92 bits per heavy atom. The monoisotopic (exact) mass is 321 g/mol. The van der Waals surface area contributed by atoms with E-state index in [-0.39, 0.29) is 5.60 Å². The van der Waals surface area contributed by atoms with Crippen LogP contribution in [0.25, 0.3) is 5.57 Å². The summed E-state index contributed by atoms with van der Waals surface area (Å²) in [7, 11) is 1.72. The molecule has 4 rings (SSSR count). The van der Waals surface area contributed by atoms with Crippen LogP contribution in [-0.4, -0.2) is 25.8 Å². The van der Waals surface area contributed by atoms with Gasteiger partial charge in [0, 0.05) is 18.4 Å². The number of allylic oxidation sites excluding steroid dienone is 6. The number of nitrogens with one attached hydrogen (secondary N) is 1. The van der Waals surface area contributed by atoms with Crippen LogP contribution in [-0.2, 0) is 4.74 Å². The van der Waals surface area contributed by atoms with Gasteiger partial charge in [0.1, 0.15) is 17.1 Å². The van der Waals surface area contributed by atoms with Crippen LogP contribution >= 0.6 is 0 Å². The van der Waals surface area contributed by atoms with Crippen molar-refractivity contribution in [3.8, 4) is 5.75 Å². The highest BCUT2D eigenvalue weighted by Crippen LogP contribution is 2.43. The normalized spacial score (nSPS) is 21.8. The first-order chi connectivity index (χ1) is 11.8. The standard InChI is InChI=1S/C21H23NO2/c1-23-17-6-4-5-16(9-10-17)19-15-21(11-13-22-14-12-21)24-20-8-3-2-7-18(19)20/h2-3,5-10,15,22H,4,11-14H2,1H3. The smallest absolute Gasteiger partial charge is 0.130 e. The Kier molecular flexibility index (Phi) is 4.03. The van der Waals surface area contributed by atoms with Crippen molar-refractivity contribution in [3.63, 3.8) is 0 Å². The predicted octanol–water partition coefficient (Wildman–Crippen LogP) is 4.00. The molecule has 3 aliphatic rings. The van der Waals surface area contributed by atoms with Gasteiger partial charge in [0.25, 0.3) is 0 Å². The summed E-state index contributed by atoms with van der Waals surface area (Å²) in [5.74, 6) is 1.91. The number of ether oxygens (including phenoxy) is 2. The number of para-hydroxylation sites is 1. The maximum absolute atomic E-state index is 6.45. The summed E-state index contributed by atoms with van der Waals surface area (Å²) in [6.07, 6.45) is 13.8. The third kappa shape index (κ3) is 2.80. The van der Waals surface area contributed by atoms with Gasteiger partial charge in [0.15, 0.2) is 0 Å². The van der Waals surface area contributed by atoms with Crippen molar-refractivity contribution in [2.75, 3.05) is 20.2 Å². The second-order valence-electron chi connectivity index (χ2n) is 6.51. The molecule has 1 N–H and O–H groups in total. The van der Waals surface area contributed by atoms with Crippen molar-refractivity contribution in [2.45, 2.75) is 24.9 Å². The molecule has 1 aromatic carbocycles. The van der Waals surface area contributed by atoms with Crippen molar-refractivity contribution >= 4 is 5.57 Å². The van der Waals surface area contributed by atoms with E-state index in [2.05, 4.69) is 53.9 Å². The van der Waals surface area contributed by atoms with E-state index in [1.54, 1.807) is 7.11 Å². The topological polar surface area (TPSA) is 30.5 Å². The van der Waals surface area contributed by atoms with E-state index in [0.717, 1.165) is 43.9 Å². The second kappa shape index (κ2) is 6.33. The SMILES string of the molecule is COC1=CCC=C(C2=CC3(CCNCC3)Oc3ccccc32)C=C1. The molecule has 1 aliphatic carbocycles. The lowest BCUT2D eigenvalue weighted by Gasteiger charge is -2.40. The second-order valence-corrected chi connectivity index (χ2v) is 6.51. The number of methoxy groups -OCH3 is 1. The average Bonchev–Trinajstić information content (AvgIpc) is 2.87. The summed E-state index contributed by atoms with van der Waals surface area (Å²) in [5.41, 5.74) is 3.51. The molecule has 3 heteroatoms. The summed E-state index contributed by atoms with van der Waals surface area (Å²) in [6.45, 7) is 1.99. The van der Waals surface area contributed by atoms with Crippen LogP contribution in [0.4, 0.5) is 0 Å². The maximum atomic E-state index is 6.45. The molecule has 1 aromatic rings. The molecule has 1 fully saturated rings. The summed E-state index contributed by atoms with van der Waals surface area (Å²) in [6, 6.07) is 8.37. The molecular formula is C21H23NO2. The highest BCUT2D eigenvalue weighted by atomic mass is 16.5. The molecule has 0 radical (unpaired) electrons. The van der Waals surface area contributed by atoms with Gasteiger partial charge >= 0.3 is 0 Å². The molecule has 2 aliphatic heterocycles. The third-order valence-corrected chi connectivity index (χ3v) is 4.98. The lowest BCUT2D eigenvalue weighted by Crippen LogP contribution is -2.46. The van der Waals surface area contributed by atoms with Crippen LogP contribution in [0.5, 0.6) is 5.75 Å². The van der Waals surface area contributed by atoms with Crippen molar-refractivity contribution in [3.05, 3.63) is 71.5 Å². The largest absolute Gasteiger partial charge is 0.497 e. The molecule has 124 valence electrons. The summed E-state index contributed by atoms with van der Waals surface area (Å²) >= 11 is 0. The third-order valence-electron chi connectivity index (χ3n) is 4.98. The van der Waals surface area contributed by atoms with E-state index in [0.29, 0.717) is 0 Å². The lowest BCUT2D eigenvalue weighted by atomic mass is 9.83. The minimum atomic E-state index is -0.187. The number of fused-ring (bicyclic) bond motifs is 1. The fourth-order valence-electron chi connectivity index (χ4n) is 3.66. The zero-order chi connectivity index (χ0) is 16.4. The van der Waals surface area contributed by atoms with Gasteiger partial charge in [-0.2, -0.15) is 0 Å². The molecule has 0 bridgehead atoms. The fraction of sp³-hybridized carbons (Fsp3) is 0.333. The number of benzene rings is 1. The molecule has 3 nitrogen and oxygen atoms in total. The average molecular weight is 321 g/mol. The van der Waals surface area contributed by atoms with Crippen LogP contribution in [0.1, 0.15) is 24.8 Å².